The first kappa shape index (κ1) is 14.7. The van der Waals surface area contributed by atoms with E-state index < -0.39 is 22.0 Å². The van der Waals surface area contributed by atoms with Gasteiger partial charge in [0.05, 0.1) is 10.3 Å². The third-order valence-corrected chi connectivity index (χ3v) is 3.84. The number of nitriles is 1. The molecule has 110 valence electrons. The number of rotatable bonds is 5. The van der Waals surface area contributed by atoms with Gasteiger partial charge in [-0.25, -0.2) is 4.98 Å². The molecule has 0 aromatic carbocycles. The van der Waals surface area contributed by atoms with E-state index >= 15 is 0 Å². The summed E-state index contributed by atoms with van der Waals surface area (Å²) in [6.07, 6.45) is 3.99. The number of carbonyl (C=O) groups is 1. The SMILES string of the molecule is N#Cc1ccnc(NCC2(C(=O)O)CCCC2)c1[N+](=O)[O-]. The summed E-state index contributed by atoms with van der Waals surface area (Å²) in [6, 6.07) is 3.00. The maximum Gasteiger partial charge on any atom is 0.328 e. The third kappa shape index (κ3) is 2.76. The molecule has 0 bridgehead atoms. The maximum atomic E-state index is 11.4. The summed E-state index contributed by atoms with van der Waals surface area (Å²) in [6.45, 7) is 0.0606. The van der Waals surface area contributed by atoms with E-state index in [1.165, 1.54) is 12.3 Å². The molecule has 1 heterocycles. The second-order valence-electron chi connectivity index (χ2n) is 5.07. The molecule has 0 saturated heterocycles. The third-order valence-electron chi connectivity index (χ3n) is 3.84. The van der Waals surface area contributed by atoms with Gasteiger partial charge >= 0.3 is 11.7 Å². The molecule has 1 aliphatic carbocycles. The standard InChI is InChI=1S/C13H14N4O4/c14-7-9-3-6-15-11(10(9)17(20)21)16-8-13(12(18)19)4-1-2-5-13/h3,6H,1-2,4-5,8H2,(H,15,16)(H,18,19). The van der Waals surface area contributed by atoms with Crippen molar-refractivity contribution >= 4 is 17.5 Å². The lowest BCUT2D eigenvalue weighted by Gasteiger charge is -2.24. The number of nitrogens with one attached hydrogen (secondary N) is 1. The van der Waals surface area contributed by atoms with Crippen molar-refractivity contribution in [3.05, 3.63) is 27.9 Å². The van der Waals surface area contributed by atoms with Gasteiger partial charge in [0.2, 0.25) is 5.82 Å². The number of carboxylic acid groups (broad SMARTS) is 1. The molecule has 21 heavy (non-hydrogen) atoms. The highest BCUT2D eigenvalue weighted by molar-refractivity contribution is 5.76. The summed E-state index contributed by atoms with van der Waals surface area (Å²) in [5.74, 6) is -0.974. The van der Waals surface area contributed by atoms with Gasteiger partial charge in [0, 0.05) is 12.7 Å². The topological polar surface area (TPSA) is 129 Å². The predicted molar refractivity (Wildman–Crippen MR) is 72.6 cm³/mol. The smallest absolute Gasteiger partial charge is 0.328 e. The lowest BCUT2D eigenvalue weighted by Crippen LogP contribution is -2.35. The Hall–Kier alpha value is -2.69. The molecule has 1 fully saturated rings. The first-order chi connectivity index (χ1) is 10.00. The van der Waals surface area contributed by atoms with Crippen molar-refractivity contribution in [3.63, 3.8) is 0 Å². The fourth-order valence-electron chi connectivity index (χ4n) is 2.63. The minimum atomic E-state index is -0.918. The fraction of sp³-hybridized carbons (Fsp3) is 0.462. The Balaban J connectivity index is 2.26. The average Bonchev–Trinajstić information content (AvgIpc) is 2.94. The number of aromatic nitrogens is 1. The molecule has 1 aromatic heterocycles. The van der Waals surface area contributed by atoms with Crippen LogP contribution in [0.25, 0.3) is 0 Å². The van der Waals surface area contributed by atoms with Crippen LogP contribution in [-0.2, 0) is 4.79 Å². The second-order valence-corrected chi connectivity index (χ2v) is 5.07. The van der Waals surface area contributed by atoms with Gasteiger partial charge in [-0.15, -0.1) is 0 Å². The normalized spacial score (nSPS) is 16.1. The van der Waals surface area contributed by atoms with Crippen molar-refractivity contribution in [3.8, 4) is 6.07 Å². The van der Waals surface area contributed by atoms with E-state index in [2.05, 4.69) is 10.3 Å². The monoisotopic (exact) mass is 290 g/mol. The summed E-state index contributed by atoms with van der Waals surface area (Å²) < 4.78 is 0. The number of aliphatic carboxylic acids is 1. The summed E-state index contributed by atoms with van der Waals surface area (Å²) in [5.41, 5.74) is -1.44. The number of nitro groups is 1. The highest BCUT2D eigenvalue weighted by atomic mass is 16.6. The van der Waals surface area contributed by atoms with Crippen LogP contribution in [-0.4, -0.2) is 27.5 Å². The zero-order chi connectivity index (χ0) is 15.5. The molecule has 0 amide bonds. The molecule has 0 unspecified atom stereocenters. The Morgan fingerprint density at radius 1 is 1.57 bits per heavy atom. The predicted octanol–water partition coefficient (Wildman–Crippen LogP) is 1.92. The molecule has 1 aliphatic rings. The van der Waals surface area contributed by atoms with E-state index in [1.54, 1.807) is 6.07 Å². The number of hydrogen-bond donors (Lipinski definition) is 2. The first-order valence-electron chi connectivity index (χ1n) is 6.51. The summed E-state index contributed by atoms with van der Waals surface area (Å²) >= 11 is 0. The van der Waals surface area contributed by atoms with Crippen LogP contribution in [0.3, 0.4) is 0 Å². The molecule has 1 saturated carbocycles. The van der Waals surface area contributed by atoms with Gasteiger partial charge in [-0.1, -0.05) is 12.8 Å². The summed E-state index contributed by atoms with van der Waals surface area (Å²) in [7, 11) is 0. The highest BCUT2D eigenvalue weighted by Crippen LogP contribution is 2.39. The van der Waals surface area contributed by atoms with E-state index in [4.69, 9.17) is 5.26 Å². The Morgan fingerprint density at radius 3 is 2.76 bits per heavy atom. The molecule has 8 nitrogen and oxygen atoms in total. The van der Waals surface area contributed by atoms with Crippen molar-refractivity contribution in [2.45, 2.75) is 25.7 Å². The Morgan fingerprint density at radius 2 is 2.24 bits per heavy atom. The van der Waals surface area contributed by atoms with Gasteiger partial charge in [-0.2, -0.15) is 5.26 Å². The Labute approximate surface area is 120 Å². The highest BCUT2D eigenvalue weighted by Gasteiger charge is 2.41. The molecule has 2 rings (SSSR count). The average molecular weight is 290 g/mol. The van der Waals surface area contributed by atoms with Crippen LogP contribution in [0, 0.1) is 26.9 Å². The largest absolute Gasteiger partial charge is 0.481 e. The van der Waals surface area contributed by atoms with Gasteiger partial charge in [0.1, 0.15) is 11.6 Å². The van der Waals surface area contributed by atoms with Crippen molar-refractivity contribution in [2.24, 2.45) is 5.41 Å². The Bertz CT molecular complexity index is 617. The molecule has 8 heteroatoms. The number of nitrogens with zero attached hydrogens (tertiary/aromatic N) is 3. The van der Waals surface area contributed by atoms with Crippen molar-refractivity contribution in [1.82, 2.24) is 4.98 Å². The molecule has 0 spiro atoms. The van der Waals surface area contributed by atoms with Crippen LogP contribution >= 0.6 is 0 Å². The number of carboxylic acids is 1. The minimum absolute atomic E-state index is 0.0606. The summed E-state index contributed by atoms with van der Waals surface area (Å²) in [5, 5.41) is 32.1. The van der Waals surface area contributed by atoms with Crippen LogP contribution in [0.4, 0.5) is 11.5 Å². The molecule has 1 aromatic rings. The second kappa shape index (κ2) is 5.75. The fourth-order valence-corrected chi connectivity index (χ4v) is 2.63. The lowest BCUT2D eigenvalue weighted by atomic mass is 9.86. The van der Waals surface area contributed by atoms with Crippen LogP contribution in [0.1, 0.15) is 31.2 Å². The quantitative estimate of drug-likeness (QED) is 0.625. The molecule has 0 radical (unpaired) electrons. The van der Waals surface area contributed by atoms with E-state index in [-0.39, 0.29) is 17.9 Å². The maximum absolute atomic E-state index is 11.4. The number of anilines is 1. The van der Waals surface area contributed by atoms with Gasteiger partial charge in [-0.3, -0.25) is 14.9 Å². The molecule has 0 atom stereocenters. The van der Waals surface area contributed by atoms with Crippen LogP contribution < -0.4 is 5.32 Å². The molecule has 0 aliphatic heterocycles. The van der Waals surface area contributed by atoms with E-state index in [0.717, 1.165) is 12.8 Å². The molecular weight excluding hydrogens is 276 g/mol. The van der Waals surface area contributed by atoms with E-state index in [9.17, 15) is 20.0 Å². The Kier molecular flexibility index (Phi) is 4.03. The summed E-state index contributed by atoms with van der Waals surface area (Å²) in [4.78, 5) is 25.7. The number of hydrogen-bond acceptors (Lipinski definition) is 6. The molecular formula is C13H14N4O4. The van der Waals surface area contributed by atoms with Gasteiger partial charge < -0.3 is 10.4 Å². The zero-order valence-electron chi connectivity index (χ0n) is 11.2. The minimum Gasteiger partial charge on any atom is -0.481 e. The van der Waals surface area contributed by atoms with Crippen molar-refractivity contribution in [1.29, 1.82) is 5.26 Å². The van der Waals surface area contributed by atoms with E-state index in [0.29, 0.717) is 12.8 Å². The first-order valence-corrected chi connectivity index (χ1v) is 6.51. The van der Waals surface area contributed by atoms with Crippen LogP contribution in [0.2, 0.25) is 0 Å². The van der Waals surface area contributed by atoms with Crippen molar-refractivity contribution < 1.29 is 14.8 Å². The molecule has 2 N–H and O–H groups in total. The van der Waals surface area contributed by atoms with Gasteiger partial charge in [-0.05, 0) is 18.9 Å². The van der Waals surface area contributed by atoms with Gasteiger partial charge in [0.15, 0.2) is 0 Å². The number of pyridine rings is 1. The lowest BCUT2D eigenvalue weighted by molar-refractivity contribution is -0.384. The van der Waals surface area contributed by atoms with Crippen LogP contribution in [0.15, 0.2) is 12.3 Å². The van der Waals surface area contributed by atoms with E-state index in [1.807, 2.05) is 0 Å². The van der Waals surface area contributed by atoms with Crippen molar-refractivity contribution in [2.75, 3.05) is 11.9 Å². The van der Waals surface area contributed by atoms with Gasteiger partial charge in [0.25, 0.3) is 0 Å². The zero-order valence-corrected chi connectivity index (χ0v) is 11.2. The van der Waals surface area contributed by atoms with Crippen LogP contribution in [0.5, 0.6) is 0 Å².